The Morgan fingerprint density at radius 1 is 0.667 bits per heavy atom. The van der Waals surface area contributed by atoms with E-state index in [2.05, 4.69) is 40.7 Å². The number of hydrogen-bond acceptors (Lipinski definition) is 5. The molecule has 11 unspecified atom stereocenters. The van der Waals surface area contributed by atoms with Gasteiger partial charge < -0.3 is 4.74 Å². The number of ether oxygens (including phenoxy) is 1. The molecule has 13 atom stereocenters. The summed E-state index contributed by atoms with van der Waals surface area (Å²) in [6, 6.07) is 0. The lowest BCUT2D eigenvalue weighted by Crippen LogP contribution is -2.55. The van der Waals surface area contributed by atoms with Crippen LogP contribution in [0.4, 0.5) is 0 Å². The molecule has 10 rings (SSSR count). The van der Waals surface area contributed by atoms with E-state index in [9.17, 15) is 19.2 Å². The minimum atomic E-state index is -0.206. The maximum Gasteiger partial charge on any atom is 0.312 e. The van der Waals surface area contributed by atoms with Gasteiger partial charge in [-0.1, -0.05) is 51.8 Å². The zero-order valence-corrected chi connectivity index (χ0v) is 32.1. The van der Waals surface area contributed by atoms with Crippen LogP contribution < -0.4 is 0 Å². The average molecular weight is 695 g/mol. The van der Waals surface area contributed by atoms with Crippen LogP contribution >= 0.6 is 0 Å². The summed E-state index contributed by atoms with van der Waals surface area (Å²) in [5.74, 6) is 5.89. The number of esters is 1. The number of cyclic esters (lactones) is 1. The maximum atomic E-state index is 12.9. The van der Waals surface area contributed by atoms with E-state index in [0.717, 1.165) is 76.5 Å². The summed E-state index contributed by atoms with van der Waals surface area (Å²) in [6.07, 6.45) is 26.5. The SMILES string of the molecule is CC12C=CC(=O)C=C1CCC1C2CCC2(C)C1CC[C@@]21CCCC1=O.CC1CC2=CC(=O)CCC2(C)C2CCC3(C)C(CC[C@@]34CCOC4=O)C12. The molecule has 0 N–H and O–H groups in total. The molecule has 0 radical (unpaired) electrons. The minimum absolute atomic E-state index is 0.0119. The number of ketones is 3. The van der Waals surface area contributed by atoms with Crippen molar-refractivity contribution >= 4 is 23.3 Å². The molecule has 0 bridgehead atoms. The molecule has 10 aliphatic rings. The van der Waals surface area contributed by atoms with Crippen LogP contribution in [0.1, 0.15) is 144 Å². The Hall–Kier alpha value is -2.30. The minimum Gasteiger partial charge on any atom is -0.465 e. The van der Waals surface area contributed by atoms with Gasteiger partial charge in [0.25, 0.3) is 0 Å². The second-order valence-electron chi connectivity index (χ2n) is 20.4. The quantitative estimate of drug-likeness (QED) is 0.236. The van der Waals surface area contributed by atoms with Gasteiger partial charge in [-0.15, -0.1) is 0 Å². The Morgan fingerprint density at radius 3 is 2.10 bits per heavy atom. The van der Waals surface area contributed by atoms with Gasteiger partial charge in [0.1, 0.15) is 5.78 Å². The Balaban J connectivity index is 0.000000137. The highest BCUT2D eigenvalue weighted by Gasteiger charge is 2.70. The van der Waals surface area contributed by atoms with Gasteiger partial charge in [0.2, 0.25) is 0 Å². The van der Waals surface area contributed by atoms with Crippen molar-refractivity contribution in [1.82, 2.24) is 0 Å². The second-order valence-corrected chi connectivity index (χ2v) is 20.4. The Kier molecular flexibility index (Phi) is 7.68. The van der Waals surface area contributed by atoms with Gasteiger partial charge in [0.05, 0.1) is 12.0 Å². The molecule has 0 amide bonds. The lowest BCUT2D eigenvalue weighted by atomic mass is 9.43. The van der Waals surface area contributed by atoms with Gasteiger partial charge in [0.15, 0.2) is 11.6 Å². The fraction of sp³-hybridized carbons (Fsp3) is 0.783. The zero-order chi connectivity index (χ0) is 35.8. The zero-order valence-electron chi connectivity index (χ0n) is 32.1. The topological polar surface area (TPSA) is 77.5 Å². The predicted molar refractivity (Wildman–Crippen MR) is 197 cm³/mol. The molecule has 0 aromatic heterocycles. The van der Waals surface area contributed by atoms with E-state index in [0.29, 0.717) is 53.7 Å². The summed E-state index contributed by atoms with van der Waals surface area (Å²) in [4.78, 5) is 49.5. The lowest BCUT2D eigenvalue weighted by Gasteiger charge is -2.61. The van der Waals surface area contributed by atoms with Gasteiger partial charge in [-0.2, -0.15) is 0 Å². The first-order valence-corrected chi connectivity index (χ1v) is 21.1. The molecule has 7 saturated carbocycles. The third-order valence-corrected chi connectivity index (χ3v) is 19.3. The third-order valence-electron chi connectivity index (χ3n) is 19.3. The van der Waals surface area contributed by atoms with E-state index < -0.39 is 0 Å². The van der Waals surface area contributed by atoms with Crippen LogP contribution in [0.5, 0.6) is 0 Å². The fourth-order valence-electron chi connectivity index (χ4n) is 16.5. The van der Waals surface area contributed by atoms with Crippen molar-refractivity contribution < 1.29 is 23.9 Å². The molecule has 5 nitrogen and oxygen atoms in total. The summed E-state index contributed by atoms with van der Waals surface area (Å²) in [7, 11) is 0. The van der Waals surface area contributed by atoms with E-state index >= 15 is 0 Å². The van der Waals surface area contributed by atoms with Gasteiger partial charge in [-0.05, 0) is 172 Å². The van der Waals surface area contributed by atoms with Crippen molar-refractivity contribution in [2.75, 3.05) is 6.61 Å². The molecule has 0 aromatic rings. The normalized spacial score (nSPS) is 52.1. The lowest BCUT2D eigenvalue weighted by molar-refractivity contribution is -0.158. The second kappa shape index (κ2) is 11.4. The molecule has 1 aliphatic heterocycles. The number of Topliss-reactive ketones (excluding diaryl/α,β-unsaturated/α-hetero) is 1. The molecule has 0 aromatic carbocycles. The number of hydrogen-bond donors (Lipinski definition) is 0. The maximum absolute atomic E-state index is 12.9. The molecule has 51 heavy (non-hydrogen) atoms. The highest BCUT2D eigenvalue weighted by Crippen LogP contribution is 2.74. The number of carbonyl (C=O) groups excluding carboxylic acids is 4. The van der Waals surface area contributed by atoms with Crippen LogP contribution in [-0.4, -0.2) is 29.9 Å². The fourth-order valence-corrected chi connectivity index (χ4v) is 16.5. The molecule has 2 spiro atoms. The summed E-state index contributed by atoms with van der Waals surface area (Å²) < 4.78 is 5.50. The molecule has 1 saturated heterocycles. The summed E-state index contributed by atoms with van der Waals surface area (Å²) in [5, 5.41) is 0. The first kappa shape index (κ1) is 34.5. The third kappa shape index (κ3) is 4.39. The van der Waals surface area contributed by atoms with Crippen molar-refractivity contribution in [3.63, 3.8) is 0 Å². The van der Waals surface area contributed by atoms with E-state index in [1.165, 1.54) is 49.7 Å². The predicted octanol–water partition coefficient (Wildman–Crippen LogP) is 9.73. The standard InChI is InChI=1S/C23H32O3.C23H30O2/c1-14-12-15-13-16(24)4-7-21(15,2)17-5-8-22(3)18(19(14)17)6-9-23(22)10-11-26-20(23)25;1-21-11-7-16(24)14-15(21)5-6-17-18(21)8-12-22(2)19(17)9-13-23(22)10-3-4-20(23)25/h13-14,17-19H,4-12H2,1-3H3;7,11,14,17-19H,3-6,8-10,12-13H2,1-2H3/t14?,17?,18?,19?,21?,22?,23-;17?,18?,19?,21?,22?,23-/m01/s1. The molecule has 276 valence electrons. The summed E-state index contributed by atoms with van der Waals surface area (Å²) in [6.45, 7) is 12.7. The number of allylic oxidation sites excluding steroid dienone is 5. The van der Waals surface area contributed by atoms with E-state index in [-0.39, 0.29) is 44.2 Å². The van der Waals surface area contributed by atoms with Crippen molar-refractivity contribution in [3.8, 4) is 0 Å². The van der Waals surface area contributed by atoms with Crippen LogP contribution in [-0.2, 0) is 23.9 Å². The molecule has 8 fully saturated rings. The Bertz CT molecular complexity index is 1670. The first-order chi connectivity index (χ1) is 24.2. The first-order valence-electron chi connectivity index (χ1n) is 21.1. The van der Waals surface area contributed by atoms with Crippen molar-refractivity contribution in [2.45, 2.75) is 144 Å². The summed E-state index contributed by atoms with van der Waals surface area (Å²) >= 11 is 0. The monoisotopic (exact) mass is 694 g/mol. The highest BCUT2D eigenvalue weighted by atomic mass is 16.5. The van der Waals surface area contributed by atoms with Crippen LogP contribution in [0.3, 0.4) is 0 Å². The van der Waals surface area contributed by atoms with E-state index in [4.69, 9.17) is 4.74 Å². The molecule has 5 heteroatoms. The molecule has 9 aliphatic carbocycles. The van der Waals surface area contributed by atoms with E-state index in [1.807, 2.05) is 12.2 Å². The Labute approximate surface area is 306 Å². The summed E-state index contributed by atoms with van der Waals surface area (Å²) in [5.41, 5.74) is 3.23. The van der Waals surface area contributed by atoms with Crippen LogP contribution in [0.2, 0.25) is 0 Å². The van der Waals surface area contributed by atoms with Crippen molar-refractivity contribution in [3.05, 3.63) is 35.5 Å². The van der Waals surface area contributed by atoms with Gasteiger partial charge in [-0.25, -0.2) is 0 Å². The largest absolute Gasteiger partial charge is 0.465 e. The molecular formula is C46H62O5. The van der Waals surface area contributed by atoms with Gasteiger partial charge >= 0.3 is 5.97 Å². The molecule has 1 heterocycles. The van der Waals surface area contributed by atoms with Crippen LogP contribution in [0.15, 0.2) is 35.5 Å². The van der Waals surface area contributed by atoms with Crippen LogP contribution in [0.25, 0.3) is 0 Å². The van der Waals surface area contributed by atoms with Crippen LogP contribution in [0, 0.1) is 73.9 Å². The Morgan fingerprint density at radius 2 is 1.37 bits per heavy atom. The number of rotatable bonds is 0. The smallest absolute Gasteiger partial charge is 0.312 e. The van der Waals surface area contributed by atoms with Crippen molar-refractivity contribution in [2.24, 2.45) is 73.9 Å². The van der Waals surface area contributed by atoms with E-state index in [1.54, 1.807) is 6.08 Å². The van der Waals surface area contributed by atoms with Crippen molar-refractivity contribution in [1.29, 1.82) is 0 Å². The highest BCUT2D eigenvalue weighted by molar-refractivity contribution is 6.01. The van der Waals surface area contributed by atoms with Gasteiger partial charge in [0, 0.05) is 23.7 Å². The number of carbonyl (C=O) groups is 4. The molecular weight excluding hydrogens is 633 g/mol. The average Bonchev–Trinajstić information content (AvgIpc) is 3.84. The number of fused-ring (bicyclic) bond motifs is 12. The van der Waals surface area contributed by atoms with Gasteiger partial charge in [-0.3, -0.25) is 19.2 Å².